The summed E-state index contributed by atoms with van der Waals surface area (Å²) < 4.78 is 39.0. The highest BCUT2D eigenvalue weighted by atomic mass is 19.3. The highest BCUT2D eigenvalue weighted by Gasteiger charge is 2.40. The minimum atomic E-state index is -3.03. The maximum atomic E-state index is 12.4. The highest BCUT2D eigenvalue weighted by Crippen LogP contribution is 2.20. The number of carbonyl (C=O) groups excluding carboxylic acids is 2. The fourth-order valence-corrected chi connectivity index (χ4v) is 1.69. The third kappa shape index (κ3) is 8.79. The van der Waals surface area contributed by atoms with Crippen molar-refractivity contribution in [3.05, 3.63) is 0 Å². The van der Waals surface area contributed by atoms with Gasteiger partial charge in [0.05, 0.1) is 19.2 Å². The van der Waals surface area contributed by atoms with E-state index in [9.17, 15) is 18.4 Å². The lowest BCUT2D eigenvalue weighted by molar-refractivity contribution is -0.347. The summed E-state index contributed by atoms with van der Waals surface area (Å²) in [6.07, 6.45) is -3.25. The standard InChI is InChI=1S/C14H24F2N2O7/c1-13(2,3)22-11(19)24-17-7-9(21-10(15)16)8-18(17)25-12(20)23-14(4,5)6/h9-10H,7-8H2,1-6H3. The zero-order valence-corrected chi connectivity index (χ0v) is 15.1. The van der Waals surface area contributed by atoms with Crippen LogP contribution in [0.1, 0.15) is 41.5 Å². The van der Waals surface area contributed by atoms with E-state index in [0.717, 1.165) is 10.3 Å². The van der Waals surface area contributed by atoms with Gasteiger partial charge in [-0.2, -0.15) is 8.78 Å². The van der Waals surface area contributed by atoms with Gasteiger partial charge in [0.25, 0.3) is 0 Å². The molecule has 0 bridgehead atoms. The van der Waals surface area contributed by atoms with Crippen LogP contribution in [-0.2, 0) is 23.9 Å². The lowest BCUT2D eigenvalue weighted by Gasteiger charge is -2.26. The summed E-state index contributed by atoms with van der Waals surface area (Å²) in [5.41, 5.74) is -1.65. The first-order chi connectivity index (χ1) is 11.2. The van der Waals surface area contributed by atoms with Crippen LogP contribution in [-0.4, -0.2) is 59.7 Å². The van der Waals surface area contributed by atoms with Crippen LogP contribution in [0, 0.1) is 0 Å². The van der Waals surface area contributed by atoms with Gasteiger partial charge in [-0.3, -0.25) is 0 Å². The second-order valence-corrected chi connectivity index (χ2v) is 7.20. The SMILES string of the molecule is CC(C)(C)OC(=O)ON1CC(OC(F)F)CN1OC(=O)OC(C)(C)C. The molecule has 0 aromatic rings. The molecule has 0 aliphatic carbocycles. The van der Waals surface area contributed by atoms with Gasteiger partial charge in [-0.1, -0.05) is 0 Å². The minimum Gasteiger partial charge on any atom is -0.427 e. The van der Waals surface area contributed by atoms with Gasteiger partial charge in [-0.15, -0.1) is 0 Å². The second-order valence-electron chi connectivity index (χ2n) is 7.20. The average molecular weight is 370 g/mol. The number of hydrogen-bond donors (Lipinski definition) is 0. The summed E-state index contributed by atoms with van der Waals surface area (Å²) in [6, 6.07) is 0. The predicted molar refractivity (Wildman–Crippen MR) is 78.9 cm³/mol. The fraction of sp³-hybridized carbons (Fsp3) is 0.857. The summed E-state index contributed by atoms with van der Waals surface area (Å²) in [5.74, 6) is 0. The third-order valence-electron chi connectivity index (χ3n) is 2.40. The van der Waals surface area contributed by atoms with Crippen molar-refractivity contribution < 1.29 is 42.3 Å². The normalized spacial score (nSPS) is 17.6. The number of alkyl halides is 2. The van der Waals surface area contributed by atoms with Crippen molar-refractivity contribution in [2.45, 2.75) is 65.5 Å². The number of halogens is 2. The van der Waals surface area contributed by atoms with E-state index in [0.29, 0.717) is 0 Å². The number of carbonyl (C=O) groups is 2. The zero-order valence-electron chi connectivity index (χ0n) is 15.1. The molecule has 0 spiro atoms. The molecule has 0 unspecified atom stereocenters. The van der Waals surface area contributed by atoms with E-state index in [1.54, 1.807) is 41.5 Å². The number of hydrazine groups is 1. The Labute approximate surface area is 144 Å². The van der Waals surface area contributed by atoms with Crippen LogP contribution in [0.4, 0.5) is 18.4 Å². The van der Waals surface area contributed by atoms with E-state index in [-0.39, 0.29) is 13.1 Å². The van der Waals surface area contributed by atoms with E-state index in [1.165, 1.54) is 0 Å². The monoisotopic (exact) mass is 370 g/mol. The van der Waals surface area contributed by atoms with E-state index < -0.39 is 36.2 Å². The van der Waals surface area contributed by atoms with E-state index in [1.807, 2.05) is 0 Å². The first-order valence-electron chi connectivity index (χ1n) is 7.55. The summed E-state index contributed by atoms with van der Waals surface area (Å²) in [4.78, 5) is 33.2. The smallest absolute Gasteiger partial charge is 0.427 e. The summed E-state index contributed by atoms with van der Waals surface area (Å²) in [6.45, 7) is 6.12. The van der Waals surface area contributed by atoms with Crippen LogP contribution in [0.15, 0.2) is 0 Å². The topological polar surface area (TPSA) is 86.8 Å². The van der Waals surface area contributed by atoms with Crippen molar-refractivity contribution in [3.8, 4) is 0 Å². The van der Waals surface area contributed by atoms with Crippen LogP contribution in [0.2, 0.25) is 0 Å². The molecule has 146 valence electrons. The number of hydroxylamine groups is 2. The molecule has 9 nitrogen and oxygen atoms in total. The van der Waals surface area contributed by atoms with Gasteiger partial charge < -0.3 is 23.9 Å². The van der Waals surface area contributed by atoms with Gasteiger partial charge in [-0.25, -0.2) is 9.59 Å². The van der Waals surface area contributed by atoms with Crippen LogP contribution >= 0.6 is 0 Å². The van der Waals surface area contributed by atoms with Crippen molar-refractivity contribution in [2.24, 2.45) is 0 Å². The molecule has 11 heteroatoms. The van der Waals surface area contributed by atoms with Gasteiger partial charge >= 0.3 is 18.9 Å². The third-order valence-corrected chi connectivity index (χ3v) is 2.40. The first kappa shape index (κ1) is 21.3. The first-order valence-corrected chi connectivity index (χ1v) is 7.55. The molecule has 0 aromatic carbocycles. The maximum Gasteiger partial charge on any atom is 0.529 e. The van der Waals surface area contributed by atoms with Crippen LogP contribution < -0.4 is 0 Å². The molecule has 1 aliphatic heterocycles. The van der Waals surface area contributed by atoms with Gasteiger partial charge in [0.2, 0.25) is 0 Å². The van der Waals surface area contributed by atoms with Gasteiger partial charge in [0, 0.05) is 0 Å². The fourth-order valence-electron chi connectivity index (χ4n) is 1.69. The Morgan fingerprint density at radius 1 is 0.880 bits per heavy atom. The molecule has 0 saturated carbocycles. The van der Waals surface area contributed by atoms with Crippen molar-refractivity contribution in [2.75, 3.05) is 13.1 Å². The Balaban J connectivity index is 2.71. The molecule has 25 heavy (non-hydrogen) atoms. The Morgan fingerprint density at radius 2 is 1.24 bits per heavy atom. The molecule has 0 atom stereocenters. The largest absolute Gasteiger partial charge is 0.529 e. The summed E-state index contributed by atoms with van der Waals surface area (Å²) in [5, 5.41) is 1.51. The molecular weight excluding hydrogens is 346 g/mol. The molecule has 1 aliphatic rings. The van der Waals surface area contributed by atoms with E-state index in [4.69, 9.17) is 19.1 Å². The minimum absolute atomic E-state index is 0.285. The quantitative estimate of drug-likeness (QED) is 0.693. The van der Waals surface area contributed by atoms with Crippen molar-refractivity contribution in [1.82, 2.24) is 10.3 Å². The van der Waals surface area contributed by atoms with Gasteiger partial charge in [-0.05, 0) is 51.9 Å². The zero-order chi connectivity index (χ0) is 19.4. The number of nitrogens with zero attached hydrogens (tertiary/aromatic N) is 2. The molecule has 1 heterocycles. The molecule has 1 saturated heterocycles. The number of ether oxygens (including phenoxy) is 3. The molecule has 1 fully saturated rings. The number of hydrogen-bond acceptors (Lipinski definition) is 9. The Kier molecular flexibility index (Phi) is 6.91. The van der Waals surface area contributed by atoms with Crippen LogP contribution in [0.5, 0.6) is 0 Å². The van der Waals surface area contributed by atoms with Crippen LogP contribution in [0.3, 0.4) is 0 Å². The molecular formula is C14H24F2N2O7. The molecule has 0 aromatic heterocycles. The highest BCUT2D eigenvalue weighted by molar-refractivity contribution is 5.60. The van der Waals surface area contributed by atoms with Crippen molar-refractivity contribution >= 4 is 12.3 Å². The summed E-state index contributed by atoms with van der Waals surface area (Å²) in [7, 11) is 0. The van der Waals surface area contributed by atoms with E-state index in [2.05, 4.69) is 4.74 Å². The van der Waals surface area contributed by atoms with Gasteiger partial charge in [0.1, 0.15) is 11.2 Å². The van der Waals surface area contributed by atoms with Crippen LogP contribution in [0.25, 0.3) is 0 Å². The molecule has 0 N–H and O–H groups in total. The average Bonchev–Trinajstić information content (AvgIpc) is 2.64. The summed E-state index contributed by atoms with van der Waals surface area (Å²) >= 11 is 0. The molecule has 0 amide bonds. The number of rotatable bonds is 4. The lowest BCUT2D eigenvalue weighted by atomic mass is 10.2. The Hall–Kier alpha value is -1.72. The van der Waals surface area contributed by atoms with Gasteiger partial charge in [0.15, 0.2) is 0 Å². The van der Waals surface area contributed by atoms with Crippen molar-refractivity contribution in [3.63, 3.8) is 0 Å². The maximum absolute atomic E-state index is 12.4. The van der Waals surface area contributed by atoms with Crippen molar-refractivity contribution in [1.29, 1.82) is 0 Å². The Bertz CT molecular complexity index is 439. The second kappa shape index (κ2) is 8.11. The Morgan fingerprint density at radius 3 is 1.52 bits per heavy atom. The predicted octanol–water partition coefficient (Wildman–Crippen LogP) is 2.86. The molecule has 1 rings (SSSR count). The lowest BCUT2D eigenvalue weighted by Crippen LogP contribution is -2.42. The molecule has 0 radical (unpaired) electrons. The van der Waals surface area contributed by atoms with E-state index >= 15 is 0 Å².